The van der Waals surface area contributed by atoms with E-state index in [1.165, 1.54) is 31.4 Å². The van der Waals surface area contributed by atoms with E-state index in [0.717, 1.165) is 26.1 Å². The first-order valence-electron chi connectivity index (χ1n) is 7.22. The minimum atomic E-state index is -0.550. The topological polar surface area (TPSA) is 58.4 Å². The van der Waals surface area contributed by atoms with Crippen molar-refractivity contribution in [2.75, 3.05) is 31.9 Å². The fourth-order valence-corrected chi connectivity index (χ4v) is 2.46. The summed E-state index contributed by atoms with van der Waals surface area (Å²) in [6.07, 6.45) is 4.80. The van der Waals surface area contributed by atoms with Crippen LogP contribution in [0.3, 0.4) is 0 Å². The van der Waals surface area contributed by atoms with E-state index < -0.39 is 5.82 Å². The number of carbonyl (C=O) groups excluding carboxylic acids is 1. The number of halogens is 1. The largest absolute Gasteiger partial charge is 0.396 e. The molecule has 0 bridgehead atoms. The zero-order valence-corrected chi connectivity index (χ0v) is 11.7. The highest BCUT2D eigenvalue weighted by Gasteiger charge is 2.10. The number of benzene rings is 1. The van der Waals surface area contributed by atoms with Gasteiger partial charge in [0.05, 0.1) is 5.69 Å². The van der Waals surface area contributed by atoms with E-state index >= 15 is 0 Å². The molecule has 0 unspecified atom stereocenters. The van der Waals surface area contributed by atoms with Gasteiger partial charge >= 0.3 is 0 Å². The number of anilines is 1. The molecule has 1 aliphatic rings. The molecule has 1 aromatic rings. The van der Waals surface area contributed by atoms with Gasteiger partial charge in [-0.2, -0.15) is 0 Å². The van der Waals surface area contributed by atoms with Crippen LogP contribution in [0, 0.1) is 5.82 Å². The van der Waals surface area contributed by atoms with Gasteiger partial charge in [-0.3, -0.25) is 4.79 Å². The van der Waals surface area contributed by atoms with Crippen LogP contribution in [-0.2, 0) is 0 Å². The van der Waals surface area contributed by atoms with Gasteiger partial charge in [0.15, 0.2) is 0 Å². The lowest BCUT2D eigenvalue weighted by molar-refractivity contribution is 0.0950. The van der Waals surface area contributed by atoms with Crippen molar-refractivity contribution in [2.24, 2.45) is 0 Å². The van der Waals surface area contributed by atoms with Crippen molar-refractivity contribution in [3.8, 4) is 0 Å². The molecule has 20 heavy (non-hydrogen) atoms. The van der Waals surface area contributed by atoms with Gasteiger partial charge in [-0.1, -0.05) is 6.42 Å². The zero-order valence-electron chi connectivity index (χ0n) is 11.7. The zero-order chi connectivity index (χ0) is 14.4. The highest BCUT2D eigenvalue weighted by atomic mass is 19.1. The summed E-state index contributed by atoms with van der Waals surface area (Å²) in [4.78, 5) is 14.3. The summed E-state index contributed by atoms with van der Waals surface area (Å²) in [7, 11) is 0. The first-order valence-corrected chi connectivity index (χ1v) is 7.22. The Hall–Kier alpha value is -1.62. The molecule has 0 radical (unpaired) electrons. The average Bonchev–Trinajstić information content (AvgIpc) is 2.47. The SMILES string of the molecule is Nc1ccc(C(=O)NCCCN2CCCCC2)cc1F. The molecule has 1 aromatic carbocycles. The molecule has 3 N–H and O–H groups in total. The third kappa shape index (κ3) is 4.20. The Kier molecular flexibility index (Phi) is 5.35. The van der Waals surface area contributed by atoms with Crippen molar-refractivity contribution in [1.82, 2.24) is 10.2 Å². The molecule has 1 heterocycles. The maximum absolute atomic E-state index is 13.3. The summed E-state index contributed by atoms with van der Waals surface area (Å²) in [5.74, 6) is -0.798. The molecule has 1 aliphatic heterocycles. The third-order valence-electron chi connectivity index (χ3n) is 3.65. The molecule has 1 amide bonds. The predicted octanol–water partition coefficient (Wildman–Crippen LogP) is 2.01. The fourth-order valence-electron chi connectivity index (χ4n) is 2.46. The summed E-state index contributed by atoms with van der Waals surface area (Å²) < 4.78 is 13.3. The maximum atomic E-state index is 13.3. The Morgan fingerprint density at radius 3 is 2.75 bits per heavy atom. The van der Waals surface area contributed by atoms with Gasteiger partial charge < -0.3 is 16.0 Å². The van der Waals surface area contributed by atoms with Gasteiger partial charge in [0.2, 0.25) is 0 Å². The quantitative estimate of drug-likeness (QED) is 0.640. The molecular formula is C15H22FN3O. The number of hydrogen-bond acceptors (Lipinski definition) is 3. The molecule has 5 heteroatoms. The smallest absolute Gasteiger partial charge is 0.251 e. The van der Waals surface area contributed by atoms with Gasteiger partial charge in [0.25, 0.3) is 5.91 Å². The van der Waals surface area contributed by atoms with Crippen molar-refractivity contribution in [3.05, 3.63) is 29.6 Å². The number of amides is 1. The highest BCUT2D eigenvalue weighted by molar-refractivity contribution is 5.94. The summed E-state index contributed by atoms with van der Waals surface area (Å²) in [5, 5.41) is 2.81. The second-order valence-electron chi connectivity index (χ2n) is 5.25. The van der Waals surface area contributed by atoms with E-state index in [2.05, 4.69) is 10.2 Å². The number of nitrogens with two attached hydrogens (primary N) is 1. The van der Waals surface area contributed by atoms with Crippen LogP contribution in [0.4, 0.5) is 10.1 Å². The number of hydrogen-bond donors (Lipinski definition) is 2. The van der Waals surface area contributed by atoms with E-state index in [1.807, 2.05) is 0 Å². The summed E-state index contributed by atoms with van der Waals surface area (Å²) >= 11 is 0. The van der Waals surface area contributed by atoms with Crippen molar-refractivity contribution in [2.45, 2.75) is 25.7 Å². The van der Waals surface area contributed by atoms with E-state index in [0.29, 0.717) is 12.1 Å². The molecule has 4 nitrogen and oxygen atoms in total. The molecule has 2 rings (SSSR count). The van der Waals surface area contributed by atoms with Crippen LogP contribution >= 0.6 is 0 Å². The van der Waals surface area contributed by atoms with Crippen LogP contribution in [0.15, 0.2) is 18.2 Å². The number of rotatable bonds is 5. The van der Waals surface area contributed by atoms with Crippen LogP contribution in [-0.4, -0.2) is 37.0 Å². The van der Waals surface area contributed by atoms with Gasteiger partial charge in [-0.25, -0.2) is 4.39 Å². The number of likely N-dealkylation sites (tertiary alicyclic amines) is 1. The molecule has 0 saturated carbocycles. The molecule has 0 spiro atoms. The molecule has 1 saturated heterocycles. The van der Waals surface area contributed by atoms with Gasteiger partial charge in [-0.05, 0) is 57.1 Å². The summed E-state index contributed by atoms with van der Waals surface area (Å²) in [5.41, 5.74) is 5.76. The van der Waals surface area contributed by atoms with Crippen molar-refractivity contribution in [3.63, 3.8) is 0 Å². The van der Waals surface area contributed by atoms with Crippen LogP contribution in [0.2, 0.25) is 0 Å². The minimum Gasteiger partial charge on any atom is -0.396 e. The predicted molar refractivity (Wildman–Crippen MR) is 78.1 cm³/mol. The number of nitrogens with one attached hydrogen (secondary N) is 1. The maximum Gasteiger partial charge on any atom is 0.251 e. The third-order valence-corrected chi connectivity index (χ3v) is 3.65. The normalized spacial score (nSPS) is 16.1. The lowest BCUT2D eigenvalue weighted by Gasteiger charge is -2.26. The molecule has 1 fully saturated rings. The molecule has 0 aromatic heterocycles. The Morgan fingerprint density at radius 1 is 1.30 bits per heavy atom. The Balaban J connectivity index is 1.70. The van der Waals surface area contributed by atoms with E-state index in [1.54, 1.807) is 6.07 Å². The first kappa shape index (κ1) is 14.8. The van der Waals surface area contributed by atoms with Gasteiger partial charge in [0.1, 0.15) is 5.82 Å². The fraction of sp³-hybridized carbons (Fsp3) is 0.533. The van der Waals surface area contributed by atoms with Gasteiger partial charge in [-0.15, -0.1) is 0 Å². The molecular weight excluding hydrogens is 257 g/mol. The summed E-state index contributed by atoms with van der Waals surface area (Å²) in [6.45, 7) is 3.95. The number of nitrogen functional groups attached to an aromatic ring is 1. The second kappa shape index (κ2) is 7.24. The first-order chi connectivity index (χ1) is 9.66. The Labute approximate surface area is 119 Å². The van der Waals surface area contributed by atoms with Crippen molar-refractivity contribution in [1.29, 1.82) is 0 Å². The lowest BCUT2D eigenvalue weighted by atomic mass is 10.1. The van der Waals surface area contributed by atoms with Crippen LogP contribution < -0.4 is 11.1 Å². The number of carbonyl (C=O) groups is 1. The molecule has 0 atom stereocenters. The van der Waals surface area contributed by atoms with E-state index in [9.17, 15) is 9.18 Å². The van der Waals surface area contributed by atoms with E-state index in [4.69, 9.17) is 5.73 Å². The summed E-state index contributed by atoms with van der Waals surface area (Å²) in [6, 6.07) is 4.13. The number of piperidine rings is 1. The second-order valence-corrected chi connectivity index (χ2v) is 5.25. The van der Waals surface area contributed by atoms with Crippen molar-refractivity contribution < 1.29 is 9.18 Å². The van der Waals surface area contributed by atoms with Crippen LogP contribution in [0.25, 0.3) is 0 Å². The van der Waals surface area contributed by atoms with Gasteiger partial charge in [0, 0.05) is 12.1 Å². The minimum absolute atomic E-state index is 0.0617. The molecule has 0 aliphatic carbocycles. The standard InChI is InChI=1S/C15H22FN3O/c16-13-11-12(5-6-14(13)17)15(20)18-7-4-10-19-8-2-1-3-9-19/h5-6,11H,1-4,7-10,17H2,(H,18,20). The Morgan fingerprint density at radius 2 is 2.05 bits per heavy atom. The average molecular weight is 279 g/mol. The molecule has 110 valence electrons. The Bertz CT molecular complexity index is 458. The number of nitrogens with zero attached hydrogens (tertiary/aromatic N) is 1. The van der Waals surface area contributed by atoms with Crippen LogP contribution in [0.1, 0.15) is 36.0 Å². The highest BCUT2D eigenvalue weighted by Crippen LogP contribution is 2.12. The van der Waals surface area contributed by atoms with E-state index in [-0.39, 0.29) is 11.6 Å². The lowest BCUT2D eigenvalue weighted by Crippen LogP contribution is -2.33. The van der Waals surface area contributed by atoms with Crippen molar-refractivity contribution >= 4 is 11.6 Å². The monoisotopic (exact) mass is 279 g/mol. The van der Waals surface area contributed by atoms with Crippen LogP contribution in [0.5, 0.6) is 0 Å².